The average molecular weight is 515 g/mol. The predicted octanol–water partition coefficient (Wildman–Crippen LogP) is 6.23. The predicted molar refractivity (Wildman–Crippen MR) is 149 cm³/mol. The number of fused-ring (bicyclic) bond motifs is 3. The maximum Gasteiger partial charge on any atom is 0.326 e. The zero-order valence-electron chi connectivity index (χ0n) is 21.2. The normalized spacial score (nSPS) is 13.7. The number of carbonyl (C=O) groups excluding carboxylic acids is 1. The van der Waals surface area contributed by atoms with Crippen LogP contribution >= 0.6 is 11.6 Å². The number of hydrogen-bond acceptors (Lipinski definition) is 4. The second kappa shape index (κ2) is 11.2. The summed E-state index contributed by atoms with van der Waals surface area (Å²) in [5, 5.41) is 4.54. The summed E-state index contributed by atoms with van der Waals surface area (Å²) in [4.78, 5) is 19.9. The fourth-order valence-electron chi connectivity index (χ4n) is 4.86. The average Bonchev–Trinajstić information content (AvgIpc) is 3.22. The molecule has 0 radical (unpaired) electrons. The van der Waals surface area contributed by atoms with Crippen LogP contribution in [0.5, 0.6) is 5.75 Å². The summed E-state index contributed by atoms with van der Waals surface area (Å²) in [6.07, 6.45) is 6.83. The maximum atomic E-state index is 13.4. The summed E-state index contributed by atoms with van der Waals surface area (Å²) >= 11 is 6.01. The van der Waals surface area contributed by atoms with Crippen LogP contribution in [0, 0.1) is 6.92 Å². The molecule has 5 rings (SSSR count). The molecule has 0 atom stereocenters. The fraction of sp³-hybridized carbons (Fsp3) is 0.267. The first-order chi connectivity index (χ1) is 18.0. The summed E-state index contributed by atoms with van der Waals surface area (Å²) < 4.78 is 7.62. The molecule has 0 saturated carbocycles. The molecule has 0 bridgehead atoms. The molecule has 0 spiro atoms. The number of halogens is 1. The lowest BCUT2D eigenvalue weighted by Crippen LogP contribution is -2.34. The molecule has 37 heavy (non-hydrogen) atoms. The number of nitrogens with one attached hydrogen (secondary N) is 1. The number of aromatic nitrogens is 2. The number of ether oxygens (including phenoxy) is 1. The van der Waals surface area contributed by atoms with Gasteiger partial charge in [-0.2, -0.15) is 0 Å². The highest BCUT2D eigenvalue weighted by molar-refractivity contribution is 6.29. The van der Waals surface area contributed by atoms with E-state index in [1.54, 1.807) is 12.3 Å². The second-order valence-electron chi connectivity index (χ2n) is 9.32. The summed E-state index contributed by atoms with van der Waals surface area (Å²) in [5.41, 5.74) is 6.52. The molecule has 3 heterocycles. The molecule has 1 N–H and O–H groups in total. The molecule has 1 amide bonds. The van der Waals surface area contributed by atoms with Crippen molar-refractivity contribution < 1.29 is 9.53 Å². The van der Waals surface area contributed by atoms with Crippen LogP contribution in [0.25, 0.3) is 17.0 Å². The monoisotopic (exact) mass is 514 g/mol. The van der Waals surface area contributed by atoms with Gasteiger partial charge in [-0.1, -0.05) is 53.6 Å². The van der Waals surface area contributed by atoms with Crippen LogP contribution in [0.3, 0.4) is 0 Å². The molecule has 0 saturated heterocycles. The number of carbonyl (C=O) groups is 1. The van der Waals surface area contributed by atoms with Gasteiger partial charge in [0.05, 0.1) is 12.1 Å². The van der Waals surface area contributed by atoms with Crippen LogP contribution in [0.2, 0.25) is 5.15 Å². The van der Waals surface area contributed by atoms with Gasteiger partial charge < -0.3 is 10.1 Å². The van der Waals surface area contributed by atoms with Crippen molar-refractivity contribution in [3.63, 3.8) is 0 Å². The topological polar surface area (TPSA) is 59.4 Å². The first kappa shape index (κ1) is 25.1. The van der Waals surface area contributed by atoms with Gasteiger partial charge in [0, 0.05) is 49.9 Å². The summed E-state index contributed by atoms with van der Waals surface area (Å²) in [5.74, 6) is 0.818. The third kappa shape index (κ3) is 5.71. The minimum Gasteiger partial charge on any atom is -0.494 e. The van der Waals surface area contributed by atoms with Crippen molar-refractivity contribution in [2.45, 2.75) is 33.4 Å². The lowest BCUT2D eigenvalue weighted by Gasteiger charge is -2.27. The molecule has 0 unspecified atom stereocenters. The first-order valence-corrected chi connectivity index (χ1v) is 13.0. The quantitative estimate of drug-likeness (QED) is 0.297. The highest BCUT2D eigenvalue weighted by Crippen LogP contribution is 2.33. The van der Waals surface area contributed by atoms with Gasteiger partial charge in [0.25, 0.3) is 0 Å². The van der Waals surface area contributed by atoms with Crippen LogP contribution in [0.1, 0.15) is 34.9 Å². The van der Waals surface area contributed by atoms with Crippen molar-refractivity contribution in [1.29, 1.82) is 0 Å². The van der Waals surface area contributed by atoms with E-state index in [9.17, 15) is 4.79 Å². The molecular formula is C30H31ClN4O2. The highest BCUT2D eigenvalue weighted by Gasteiger charge is 2.26. The van der Waals surface area contributed by atoms with E-state index in [-0.39, 0.29) is 6.03 Å². The number of nitrogens with zero attached hydrogens (tertiary/aromatic N) is 3. The molecule has 4 aromatic rings. The maximum absolute atomic E-state index is 13.4. The Morgan fingerprint density at radius 3 is 2.78 bits per heavy atom. The van der Waals surface area contributed by atoms with Crippen LogP contribution in [0.4, 0.5) is 4.79 Å². The summed E-state index contributed by atoms with van der Waals surface area (Å²) in [6.45, 7) is 7.56. The molecule has 0 aliphatic carbocycles. The van der Waals surface area contributed by atoms with Crippen molar-refractivity contribution in [2.75, 3.05) is 19.7 Å². The van der Waals surface area contributed by atoms with Gasteiger partial charge in [-0.05, 0) is 60.9 Å². The van der Waals surface area contributed by atoms with Gasteiger partial charge >= 0.3 is 6.03 Å². The number of amides is 1. The third-order valence-electron chi connectivity index (χ3n) is 6.70. The Bertz CT molecular complexity index is 1440. The standard InChI is InChI=1S/C30H31ClN4O2/c1-3-37-24-10-11-27-25(18-24)26-20-34(15-4-5-22-8-6-21(2)7-9-22)16-13-28(26)35(27)30(36)33-19-23-12-14-32-29(31)17-23/h4-12,14,17-18H,3,13,15-16,19-20H2,1-2H3,(H,33,36)/b5-4+. The Morgan fingerprint density at radius 1 is 1.16 bits per heavy atom. The first-order valence-electron chi connectivity index (χ1n) is 12.6. The van der Waals surface area contributed by atoms with Crippen molar-refractivity contribution in [3.05, 3.63) is 100.0 Å². The molecule has 1 aliphatic rings. The summed E-state index contributed by atoms with van der Waals surface area (Å²) in [6, 6.07) is 18.0. The highest BCUT2D eigenvalue weighted by atomic mass is 35.5. The number of pyridine rings is 1. The van der Waals surface area contributed by atoms with E-state index >= 15 is 0 Å². The number of hydrogen-bond donors (Lipinski definition) is 1. The van der Waals surface area contributed by atoms with Gasteiger partial charge in [-0.15, -0.1) is 0 Å². The van der Waals surface area contributed by atoms with Crippen LogP contribution in [0.15, 0.2) is 66.9 Å². The molecule has 2 aromatic carbocycles. The van der Waals surface area contributed by atoms with Crippen LogP contribution in [-0.4, -0.2) is 40.2 Å². The SMILES string of the molecule is CCOc1ccc2c(c1)c1c(n2C(=O)NCc2ccnc(Cl)c2)CCN(C/C=C/c2ccc(C)cc2)C1. The van der Waals surface area contributed by atoms with E-state index < -0.39 is 0 Å². The lowest BCUT2D eigenvalue weighted by molar-refractivity contribution is 0.240. The van der Waals surface area contributed by atoms with Gasteiger partial charge in [0.2, 0.25) is 0 Å². The van der Waals surface area contributed by atoms with E-state index in [4.69, 9.17) is 16.3 Å². The van der Waals surface area contributed by atoms with Gasteiger partial charge in [0.1, 0.15) is 10.9 Å². The second-order valence-corrected chi connectivity index (χ2v) is 9.70. The minimum atomic E-state index is -0.143. The fourth-order valence-corrected chi connectivity index (χ4v) is 5.06. The van der Waals surface area contributed by atoms with E-state index in [0.717, 1.165) is 54.0 Å². The lowest BCUT2D eigenvalue weighted by atomic mass is 10.0. The van der Waals surface area contributed by atoms with Gasteiger partial charge in [0.15, 0.2) is 0 Å². The Balaban J connectivity index is 1.39. The van der Waals surface area contributed by atoms with Crippen LogP contribution < -0.4 is 10.1 Å². The van der Waals surface area contributed by atoms with Crippen molar-refractivity contribution >= 4 is 34.6 Å². The molecule has 190 valence electrons. The van der Waals surface area contributed by atoms with E-state index in [2.05, 4.69) is 64.6 Å². The Labute approximate surface area is 222 Å². The molecule has 1 aliphatic heterocycles. The van der Waals surface area contributed by atoms with Crippen LogP contribution in [-0.2, 0) is 19.5 Å². The van der Waals surface area contributed by atoms with Crippen molar-refractivity contribution in [3.8, 4) is 5.75 Å². The zero-order valence-corrected chi connectivity index (χ0v) is 22.0. The van der Waals surface area contributed by atoms with E-state index in [0.29, 0.717) is 18.3 Å². The number of benzene rings is 2. The zero-order chi connectivity index (χ0) is 25.8. The smallest absolute Gasteiger partial charge is 0.326 e. The Kier molecular flexibility index (Phi) is 7.58. The summed E-state index contributed by atoms with van der Waals surface area (Å²) in [7, 11) is 0. The molecule has 7 heteroatoms. The Hall–Kier alpha value is -3.61. The van der Waals surface area contributed by atoms with Crippen molar-refractivity contribution in [2.24, 2.45) is 0 Å². The van der Waals surface area contributed by atoms with Gasteiger partial charge in [-0.25, -0.2) is 9.78 Å². The molecular weight excluding hydrogens is 484 g/mol. The minimum absolute atomic E-state index is 0.143. The molecule has 2 aromatic heterocycles. The van der Waals surface area contributed by atoms with Crippen molar-refractivity contribution in [1.82, 2.24) is 19.8 Å². The van der Waals surface area contributed by atoms with Gasteiger partial charge in [-0.3, -0.25) is 9.47 Å². The number of rotatable bonds is 7. The molecule has 0 fully saturated rings. The molecule has 6 nitrogen and oxygen atoms in total. The Morgan fingerprint density at radius 2 is 2.00 bits per heavy atom. The third-order valence-corrected chi connectivity index (χ3v) is 6.91. The largest absolute Gasteiger partial charge is 0.494 e. The number of aryl methyl sites for hydroxylation is 1. The van der Waals surface area contributed by atoms with E-state index in [1.165, 1.54) is 16.7 Å². The van der Waals surface area contributed by atoms with E-state index in [1.807, 2.05) is 29.7 Å².